The minimum atomic E-state index is -0.501. The van der Waals surface area contributed by atoms with E-state index in [1.807, 2.05) is 35.2 Å². The number of nitrogens with zero attached hydrogens (tertiary/aromatic N) is 3. The minimum absolute atomic E-state index is 0.0351. The second kappa shape index (κ2) is 6.71. The molecule has 1 aliphatic rings. The van der Waals surface area contributed by atoms with Crippen molar-refractivity contribution in [1.82, 2.24) is 9.88 Å². The molecule has 0 aliphatic carbocycles. The number of amides is 1. The normalized spacial score (nSPS) is 16.2. The Labute approximate surface area is 141 Å². The molecule has 24 heavy (non-hydrogen) atoms. The van der Waals surface area contributed by atoms with E-state index in [2.05, 4.69) is 16.4 Å². The maximum Gasteiger partial charge on any atom is 0.257 e. The second-order valence-corrected chi connectivity index (χ2v) is 6.00. The molecule has 0 saturated carbocycles. The molecule has 0 radical (unpaired) electrons. The topological polar surface area (TPSA) is 69.0 Å². The van der Waals surface area contributed by atoms with Crippen molar-refractivity contribution in [2.24, 2.45) is 0 Å². The molecule has 5 nitrogen and oxygen atoms in total. The predicted molar refractivity (Wildman–Crippen MR) is 92.7 cm³/mol. The van der Waals surface area contributed by atoms with Gasteiger partial charge in [-0.2, -0.15) is 5.26 Å². The number of carbonyl (C=O) groups excluding carboxylic acids is 1. The lowest BCUT2D eigenvalue weighted by Gasteiger charge is -2.37. The monoisotopic (exact) mass is 320 g/mol. The lowest BCUT2D eigenvalue weighted by atomic mass is 9.74. The third-order valence-electron chi connectivity index (χ3n) is 4.72. The Morgan fingerprint density at radius 2 is 1.92 bits per heavy atom. The summed E-state index contributed by atoms with van der Waals surface area (Å²) in [6, 6.07) is 15.9. The number of benzene rings is 1. The number of pyridine rings is 1. The molecule has 2 heterocycles. The molecule has 1 aliphatic heterocycles. The van der Waals surface area contributed by atoms with Crippen LogP contribution < -0.4 is 5.32 Å². The van der Waals surface area contributed by atoms with E-state index in [-0.39, 0.29) is 5.91 Å². The maximum atomic E-state index is 12.8. The SMILES string of the molecule is CNc1ncccc1C(=O)N1CCC(C#N)(c2ccccc2)CC1. The van der Waals surface area contributed by atoms with E-state index in [9.17, 15) is 10.1 Å². The largest absolute Gasteiger partial charge is 0.372 e. The van der Waals surface area contributed by atoms with Crippen molar-refractivity contribution in [2.45, 2.75) is 18.3 Å². The number of nitrogens with one attached hydrogen (secondary N) is 1. The first-order valence-electron chi connectivity index (χ1n) is 8.09. The quantitative estimate of drug-likeness (QED) is 0.944. The molecule has 0 bridgehead atoms. The van der Waals surface area contributed by atoms with E-state index in [4.69, 9.17) is 0 Å². The fraction of sp³-hybridized carbons (Fsp3) is 0.316. The molecule has 1 fully saturated rings. The van der Waals surface area contributed by atoms with Crippen molar-refractivity contribution in [2.75, 3.05) is 25.5 Å². The summed E-state index contributed by atoms with van der Waals surface area (Å²) in [5.41, 5.74) is 1.11. The summed E-state index contributed by atoms with van der Waals surface area (Å²) >= 11 is 0. The van der Waals surface area contributed by atoms with Crippen LogP contribution in [0.15, 0.2) is 48.7 Å². The summed E-state index contributed by atoms with van der Waals surface area (Å²) in [6.45, 7) is 1.14. The fourth-order valence-corrected chi connectivity index (χ4v) is 3.26. The molecule has 0 spiro atoms. The fourth-order valence-electron chi connectivity index (χ4n) is 3.26. The molecular weight excluding hydrogens is 300 g/mol. The van der Waals surface area contributed by atoms with E-state index >= 15 is 0 Å². The van der Waals surface area contributed by atoms with Gasteiger partial charge < -0.3 is 10.2 Å². The Hall–Kier alpha value is -2.87. The summed E-state index contributed by atoms with van der Waals surface area (Å²) in [6.07, 6.45) is 2.96. The van der Waals surface area contributed by atoms with E-state index < -0.39 is 5.41 Å². The molecule has 3 rings (SSSR count). The number of hydrogen-bond acceptors (Lipinski definition) is 4. The van der Waals surface area contributed by atoms with Gasteiger partial charge in [0.15, 0.2) is 0 Å². The maximum absolute atomic E-state index is 12.8. The highest BCUT2D eigenvalue weighted by Gasteiger charge is 2.38. The Bertz CT molecular complexity index is 758. The number of nitriles is 1. The van der Waals surface area contributed by atoms with Crippen LogP contribution in [0.3, 0.4) is 0 Å². The van der Waals surface area contributed by atoms with Gasteiger partial charge in [-0.15, -0.1) is 0 Å². The van der Waals surface area contributed by atoms with Gasteiger partial charge in [-0.1, -0.05) is 30.3 Å². The van der Waals surface area contributed by atoms with E-state index in [0.717, 1.165) is 5.56 Å². The van der Waals surface area contributed by atoms with Crippen LogP contribution in [-0.2, 0) is 5.41 Å². The highest BCUT2D eigenvalue weighted by Crippen LogP contribution is 2.35. The summed E-state index contributed by atoms with van der Waals surface area (Å²) in [5, 5.41) is 12.7. The first-order chi connectivity index (χ1) is 11.7. The van der Waals surface area contributed by atoms with Crippen LogP contribution in [-0.4, -0.2) is 35.9 Å². The lowest BCUT2D eigenvalue weighted by Crippen LogP contribution is -2.44. The zero-order valence-corrected chi connectivity index (χ0v) is 13.7. The van der Waals surface area contributed by atoms with Crippen molar-refractivity contribution in [3.05, 3.63) is 59.8 Å². The Morgan fingerprint density at radius 3 is 2.54 bits per heavy atom. The van der Waals surface area contributed by atoms with Crippen LogP contribution >= 0.6 is 0 Å². The number of carbonyl (C=O) groups is 1. The number of piperidine rings is 1. The predicted octanol–water partition coefficient (Wildman–Crippen LogP) is 2.82. The lowest BCUT2D eigenvalue weighted by molar-refractivity contribution is 0.0692. The molecule has 5 heteroatoms. The van der Waals surface area contributed by atoms with Gasteiger partial charge in [0.1, 0.15) is 5.82 Å². The number of hydrogen-bond donors (Lipinski definition) is 1. The Balaban J connectivity index is 1.77. The molecular formula is C19H20N4O. The number of rotatable bonds is 3. The molecule has 0 atom stereocenters. The smallest absolute Gasteiger partial charge is 0.257 e. The van der Waals surface area contributed by atoms with Gasteiger partial charge in [-0.25, -0.2) is 4.98 Å². The zero-order valence-electron chi connectivity index (χ0n) is 13.7. The van der Waals surface area contributed by atoms with Gasteiger partial charge >= 0.3 is 0 Å². The number of aromatic nitrogens is 1. The second-order valence-electron chi connectivity index (χ2n) is 6.00. The number of anilines is 1. The standard InChI is InChI=1S/C19H20N4O/c1-21-17-16(8-5-11-22-17)18(24)23-12-9-19(14-20,10-13-23)15-6-3-2-4-7-15/h2-8,11H,9-10,12-13H2,1H3,(H,21,22). The summed E-state index contributed by atoms with van der Waals surface area (Å²) in [5.74, 6) is 0.551. The van der Waals surface area contributed by atoms with Gasteiger partial charge in [0.25, 0.3) is 5.91 Å². The zero-order chi connectivity index (χ0) is 17.0. The van der Waals surface area contributed by atoms with Crippen LogP contribution in [0.25, 0.3) is 0 Å². The minimum Gasteiger partial charge on any atom is -0.372 e. The van der Waals surface area contributed by atoms with Crippen molar-refractivity contribution in [1.29, 1.82) is 5.26 Å². The average Bonchev–Trinajstić information content (AvgIpc) is 2.68. The first-order valence-corrected chi connectivity index (χ1v) is 8.09. The summed E-state index contributed by atoms with van der Waals surface area (Å²) < 4.78 is 0. The van der Waals surface area contributed by atoms with Gasteiger partial charge in [0.05, 0.1) is 17.0 Å². The summed E-state index contributed by atoms with van der Waals surface area (Å²) in [7, 11) is 1.76. The Morgan fingerprint density at radius 1 is 1.21 bits per heavy atom. The van der Waals surface area contributed by atoms with Gasteiger partial charge in [-0.05, 0) is 30.5 Å². The average molecular weight is 320 g/mol. The van der Waals surface area contributed by atoms with Gasteiger partial charge in [0, 0.05) is 26.3 Å². The van der Waals surface area contributed by atoms with E-state index in [1.54, 1.807) is 25.4 Å². The molecule has 1 saturated heterocycles. The third-order valence-corrected chi connectivity index (χ3v) is 4.72. The molecule has 1 aromatic heterocycles. The molecule has 122 valence electrons. The highest BCUT2D eigenvalue weighted by atomic mass is 16.2. The Kier molecular flexibility index (Phi) is 4.48. The van der Waals surface area contributed by atoms with E-state index in [1.165, 1.54) is 0 Å². The van der Waals surface area contributed by atoms with Crippen LogP contribution in [0.4, 0.5) is 5.82 Å². The highest BCUT2D eigenvalue weighted by molar-refractivity contribution is 5.98. The van der Waals surface area contributed by atoms with Crippen LogP contribution in [0, 0.1) is 11.3 Å². The first kappa shape index (κ1) is 16.0. The summed E-state index contributed by atoms with van der Waals surface area (Å²) in [4.78, 5) is 18.8. The molecule has 0 unspecified atom stereocenters. The van der Waals surface area contributed by atoms with Crippen LogP contribution in [0.2, 0.25) is 0 Å². The van der Waals surface area contributed by atoms with E-state index in [0.29, 0.717) is 37.3 Å². The third kappa shape index (κ3) is 2.83. The molecule has 1 amide bonds. The molecule has 1 N–H and O–H groups in total. The van der Waals surface area contributed by atoms with Crippen molar-refractivity contribution in [3.8, 4) is 6.07 Å². The van der Waals surface area contributed by atoms with Crippen LogP contribution in [0.5, 0.6) is 0 Å². The van der Waals surface area contributed by atoms with Crippen molar-refractivity contribution < 1.29 is 4.79 Å². The van der Waals surface area contributed by atoms with Gasteiger partial charge in [-0.3, -0.25) is 4.79 Å². The van der Waals surface area contributed by atoms with Gasteiger partial charge in [0.2, 0.25) is 0 Å². The molecule has 2 aromatic rings. The number of likely N-dealkylation sites (tertiary alicyclic amines) is 1. The van der Waals surface area contributed by atoms with Crippen molar-refractivity contribution >= 4 is 11.7 Å². The van der Waals surface area contributed by atoms with Crippen LogP contribution in [0.1, 0.15) is 28.8 Å². The molecule has 1 aromatic carbocycles. The van der Waals surface area contributed by atoms with Crippen molar-refractivity contribution in [3.63, 3.8) is 0 Å².